The van der Waals surface area contributed by atoms with Gasteiger partial charge >= 0.3 is 5.97 Å². The monoisotopic (exact) mass is 182 g/mol. The Balaban J connectivity index is 0.000000671. The lowest BCUT2D eigenvalue weighted by molar-refractivity contribution is -0.132. The number of carbonyl (C=O) groups is 1. The first-order valence-corrected chi connectivity index (χ1v) is 4.16. The maximum atomic E-state index is 10.4. The first-order chi connectivity index (χ1) is 6.20. The van der Waals surface area contributed by atoms with E-state index in [2.05, 4.69) is 4.74 Å². The van der Waals surface area contributed by atoms with Crippen molar-refractivity contribution in [3.8, 4) is 11.5 Å². The number of esters is 1. The van der Waals surface area contributed by atoms with Crippen molar-refractivity contribution in [2.45, 2.75) is 20.8 Å². The number of ether oxygens (including phenoxy) is 1. The molecular weight excluding hydrogens is 168 g/mol. The summed E-state index contributed by atoms with van der Waals surface area (Å²) < 4.78 is 4.66. The maximum absolute atomic E-state index is 10.4. The molecule has 0 amide bonds. The fraction of sp³-hybridized carbons (Fsp3) is 0.300. The van der Waals surface area contributed by atoms with Crippen molar-refractivity contribution in [3.63, 3.8) is 0 Å². The summed E-state index contributed by atoms with van der Waals surface area (Å²) in [5.41, 5.74) is 0. The van der Waals surface area contributed by atoms with E-state index in [0.29, 0.717) is 0 Å². The Hall–Kier alpha value is -1.51. The van der Waals surface area contributed by atoms with Crippen molar-refractivity contribution in [1.29, 1.82) is 0 Å². The van der Waals surface area contributed by atoms with Crippen LogP contribution in [-0.2, 0) is 4.79 Å². The molecule has 0 spiro atoms. The van der Waals surface area contributed by atoms with Crippen LogP contribution in [0.3, 0.4) is 0 Å². The first-order valence-electron chi connectivity index (χ1n) is 4.16. The lowest BCUT2D eigenvalue weighted by Gasteiger charge is -2.01. The summed E-state index contributed by atoms with van der Waals surface area (Å²) in [5, 5.41) is 9.08. The van der Waals surface area contributed by atoms with E-state index in [0.717, 1.165) is 0 Å². The number of hydrogen-bond donors (Lipinski definition) is 1. The van der Waals surface area contributed by atoms with Gasteiger partial charge in [0.2, 0.25) is 0 Å². The Kier molecular flexibility index (Phi) is 5.35. The molecule has 0 aliphatic heterocycles. The van der Waals surface area contributed by atoms with E-state index in [4.69, 9.17) is 5.11 Å². The van der Waals surface area contributed by atoms with Gasteiger partial charge in [-0.2, -0.15) is 0 Å². The van der Waals surface area contributed by atoms with Gasteiger partial charge in [0.15, 0.2) is 11.5 Å². The lowest BCUT2D eigenvalue weighted by atomic mass is 10.3. The normalized spacial score (nSPS) is 8.23. The van der Waals surface area contributed by atoms with Crippen molar-refractivity contribution in [2.24, 2.45) is 0 Å². The standard InChI is InChI=1S/C8H8O3.C2H6/c1-6(9)11-8-5-3-2-4-7(8)10;1-2/h2-5,10H,1H3;1-2H3. The molecule has 0 fully saturated rings. The number of benzene rings is 1. The van der Waals surface area contributed by atoms with Gasteiger partial charge in [-0.1, -0.05) is 26.0 Å². The van der Waals surface area contributed by atoms with E-state index in [1.165, 1.54) is 19.1 Å². The van der Waals surface area contributed by atoms with Crippen LogP contribution < -0.4 is 4.74 Å². The Morgan fingerprint density at radius 3 is 2.31 bits per heavy atom. The highest BCUT2D eigenvalue weighted by atomic mass is 16.5. The molecule has 72 valence electrons. The van der Waals surface area contributed by atoms with Gasteiger partial charge in [0, 0.05) is 6.92 Å². The molecule has 0 aliphatic rings. The van der Waals surface area contributed by atoms with Gasteiger partial charge in [0.25, 0.3) is 0 Å². The third-order valence-electron chi connectivity index (χ3n) is 1.12. The van der Waals surface area contributed by atoms with Crippen LogP contribution in [0.15, 0.2) is 24.3 Å². The summed E-state index contributed by atoms with van der Waals surface area (Å²) in [7, 11) is 0. The number of carbonyl (C=O) groups excluding carboxylic acids is 1. The fourth-order valence-electron chi connectivity index (χ4n) is 0.698. The highest BCUT2D eigenvalue weighted by Crippen LogP contribution is 2.23. The van der Waals surface area contributed by atoms with Crippen molar-refractivity contribution >= 4 is 5.97 Å². The van der Waals surface area contributed by atoms with E-state index in [1.807, 2.05) is 13.8 Å². The number of hydrogen-bond acceptors (Lipinski definition) is 3. The zero-order valence-corrected chi connectivity index (χ0v) is 8.07. The van der Waals surface area contributed by atoms with Gasteiger partial charge < -0.3 is 9.84 Å². The molecule has 1 N–H and O–H groups in total. The Morgan fingerprint density at radius 2 is 1.85 bits per heavy atom. The van der Waals surface area contributed by atoms with Gasteiger partial charge in [-0.05, 0) is 12.1 Å². The number of aromatic hydroxyl groups is 1. The number of phenolic OH excluding ortho intramolecular Hbond substituents is 1. The molecule has 0 bridgehead atoms. The second-order valence-corrected chi connectivity index (χ2v) is 2.06. The minimum Gasteiger partial charge on any atom is -0.504 e. The van der Waals surface area contributed by atoms with Crippen LogP contribution in [0.5, 0.6) is 11.5 Å². The molecule has 0 saturated heterocycles. The van der Waals surface area contributed by atoms with Crippen molar-refractivity contribution < 1.29 is 14.6 Å². The second-order valence-electron chi connectivity index (χ2n) is 2.06. The predicted molar refractivity (Wildman–Crippen MR) is 50.8 cm³/mol. The summed E-state index contributed by atoms with van der Waals surface area (Å²) in [6, 6.07) is 6.31. The fourth-order valence-corrected chi connectivity index (χ4v) is 0.698. The lowest BCUT2D eigenvalue weighted by Crippen LogP contribution is -2.00. The molecular formula is C10H14O3. The Bertz CT molecular complexity index is 269. The second kappa shape index (κ2) is 6.06. The van der Waals surface area contributed by atoms with Crippen molar-refractivity contribution in [1.82, 2.24) is 0 Å². The van der Waals surface area contributed by atoms with Crippen molar-refractivity contribution in [2.75, 3.05) is 0 Å². The third-order valence-corrected chi connectivity index (χ3v) is 1.12. The summed E-state index contributed by atoms with van der Waals surface area (Å²) in [4.78, 5) is 10.4. The molecule has 0 saturated carbocycles. The summed E-state index contributed by atoms with van der Waals surface area (Å²) in [6.07, 6.45) is 0. The molecule has 13 heavy (non-hydrogen) atoms. The molecule has 0 aliphatic carbocycles. The number of phenols is 1. The molecule has 3 nitrogen and oxygen atoms in total. The topological polar surface area (TPSA) is 46.5 Å². The summed E-state index contributed by atoms with van der Waals surface area (Å²) in [5.74, 6) is -0.269. The molecule has 1 rings (SSSR count). The van der Waals surface area contributed by atoms with Crippen LogP contribution in [0.25, 0.3) is 0 Å². The minimum absolute atomic E-state index is 0.0253. The van der Waals surface area contributed by atoms with Gasteiger partial charge in [-0.3, -0.25) is 4.79 Å². The minimum atomic E-state index is -0.438. The third kappa shape index (κ3) is 4.15. The van der Waals surface area contributed by atoms with Crippen LogP contribution in [-0.4, -0.2) is 11.1 Å². The summed E-state index contributed by atoms with van der Waals surface area (Å²) >= 11 is 0. The average molecular weight is 182 g/mol. The molecule has 0 aromatic heterocycles. The highest BCUT2D eigenvalue weighted by Gasteiger charge is 2.01. The van der Waals surface area contributed by atoms with Gasteiger partial charge in [0.05, 0.1) is 0 Å². The van der Waals surface area contributed by atoms with E-state index in [9.17, 15) is 4.79 Å². The van der Waals surface area contributed by atoms with Crippen LogP contribution in [0.4, 0.5) is 0 Å². The van der Waals surface area contributed by atoms with E-state index in [1.54, 1.807) is 12.1 Å². The van der Waals surface area contributed by atoms with Gasteiger partial charge in [0.1, 0.15) is 0 Å². The first kappa shape index (κ1) is 11.5. The maximum Gasteiger partial charge on any atom is 0.308 e. The van der Waals surface area contributed by atoms with Gasteiger partial charge in [-0.15, -0.1) is 0 Å². The van der Waals surface area contributed by atoms with E-state index < -0.39 is 5.97 Å². The van der Waals surface area contributed by atoms with Gasteiger partial charge in [-0.25, -0.2) is 0 Å². The molecule has 0 heterocycles. The number of rotatable bonds is 1. The van der Waals surface area contributed by atoms with Crippen LogP contribution in [0.2, 0.25) is 0 Å². The molecule has 0 radical (unpaired) electrons. The highest BCUT2D eigenvalue weighted by molar-refractivity contribution is 5.70. The molecule has 3 heteroatoms. The van der Waals surface area contributed by atoms with Crippen LogP contribution >= 0.6 is 0 Å². The quantitative estimate of drug-likeness (QED) is 0.535. The molecule has 1 aromatic carbocycles. The van der Waals surface area contributed by atoms with Crippen LogP contribution in [0.1, 0.15) is 20.8 Å². The van der Waals surface area contributed by atoms with E-state index >= 15 is 0 Å². The summed E-state index contributed by atoms with van der Waals surface area (Å²) in [6.45, 7) is 5.28. The zero-order valence-electron chi connectivity index (χ0n) is 8.07. The molecule has 0 unspecified atom stereocenters. The Labute approximate surface area is 78.0 Å². The van der Waals surface area contributed by atoms with Crippen molar-refractivity contribution in [3.05, 3.63) is 24.3 Å². The molecule has 1 aromatic rings. The Morgan fingerprint density at radius 1 is 1.31 bits per heavy atom. The zero-order chi connectivity index (χ0) is 10.3. The molecule has 0 atom stereocenters. The SMILES string of the molecule is CC.CC(=O)Oc1ccccc1O. The number of para-hydroxylation sites is 2. The average Bonchev–Trinajstić information content (AvgIpc) is 2.12. The van der Waals surface area contributed by atoms with E-state index in [-0.39, 0.29) is 11.5 Å². The predicted octanol–water partition coefficient (Wildman–Crippen LogP) is 2.34. The van der Waals surface area contributed by atoms with Crippen LogP contribution in [0, 0.1) is 0 Å². The largest absolute Gasteiger partial charge is 0.504 e. The smallest absolute Gasteiger partial charge is 0.308 e.